The summed E-state index contributed by atoms with van der Waals surface area (Å²) < 4.78 is 7.69. The minimum absolute atomic E-state index is 0.0567. The summed E-state index contributed by atoms with van der Waals surface area (Å²) in [5, 5.41) is 7.55. The molecule has 0 unspecified atom stereocenters. The van der Waals surface area contributed by atoms with E-state index >= 15 is 0 Å². The number of likely N-dealkylation sites (tertiary alicyclic amines) is 1. The molecule has 27 heavy (non-hydrogen) atoms. The molecule has 3 atom stereocenters. The predicted octanol–water partition coefficient (Wildman–Crippen LogP) is 3.81. The number of aromatic nitrogens is 2. The van der Waals surface area contributed by atoms with E-state index in [1.165, 1.54) is 5.56 Å². The second kappa shape index (κ2) is 7.35. The Morgan fingerprint density at radius 3 is 2.78 bits per heavy atom. The van der Waals surface area contributed by atoms with Crippen molar-refractivity contribution < 1.29 is 9.53 Å². The third-order valence-electron chi connectivity index (χ3n) is 5.81. The van der Waals surface area contributed by atoms with E-state index in [-0.39, 0.29) is 18.1 Å². The number of nitrogens with zero attached hydrogens (tertiary/aromatic N) is 3. The summed E-state index contributed by atoms with van der Waals surface area (Å²) in [5.74, 6) is 1.29. The van der Waals surface area contributed by atoms with Gasteiger partial charge in [-0.1, -0.05) is 30.3 Å². The molecule has 0 saturated carbocycles. The fraction of sp³-hybridized carbons (Fsp3) is 0.524. The molecular formula is C21H28N4O2. The van der Waals surface area contributed by atoms with Crippen molar-refractivity contribution >= 4 is 11.8 Å². The molecule has 1 aromatic heterocycles. The fourth-order valence-corrected chi connectivity index (χ4v) is 4.54. The van der Waals surface area contributed by atoms with Crippen LogP contribution in [0.3, 0.4) is 0 Å². The van der Waals surface area contributed by atoms with Crippen LogP contribution in [0.5, 0.6) is 0 Å². The minimum Gasteiger partial charge on any atom is -0.381 e. The van der Waals surface area contributed by atoms with Crippen molar-refractivity contribution in [3.8, 4) is 0 Å². The number of hydrogen-bond donors (Lipinski definition) is 1. The number of amides is 2. The Balaban J connectivity index is 1.53. The van der Waals surface area contributed by atoms with Crippen molar-refractivity contribution in [2.24, 2.45) is 5.92 Å². The fourth-order valence-electron chi connectivity index (χ4n) is 4.54. The number of nitrogens with one attached hydrogen (secondary N) is 1. The first kappa shape index (κ1) is 18.0. The van der Waals surface area contributed by atoms with Gasteiger partial charge in [-0.2, -0.15) is 5.10 Å². The minimum atomic E-state index is -0.0567. The number of ether oxygens (including phenoxy) is 1. The maximum absolute atomic E-state index is 13.1. The summed E-state index contributed by atoms with van der Waals surface area (Å²) in [5.41, 5.74) is 2.33. The van der Waals surface area contributed by atoms with Gasteiger partial charge in [0, 0.05) is 48.8 Å². The summed E-state index contributed by atoms with van der Waals surface area (Å²) in [7, 11) is 0. The molecule has 0 spiro atoms. The Morgan fingerprint density at radius 2 is 2.07 bits per heavy atom. The lowest BCUT2D eigenvalue weighted by atomic mass is 9.84. The van der Waals surface area contributed by atoms with Gasteiger partial charge >= 0.3 is 6.03 Å². The molecule has 2 fully saturated rings. The molecule has 6 nitrogen and oxygen atoms in total. The summed E-state index contributed by atoms with van der Waals surface area (Å²) in [6, 6.07) is 12.9. The van der Waals surface area contributed by atoms with Gasteiger partial charge < -0.3 is 9.64 Å². The molecule has 2 amide bonds. The van der Waals surface area contributed by atoms with Gasteiger partial charge in [-0.25, -0.2) is 4.79 Å². The molecule has 6 heteroatoms. The predicted molar refractivity (Wildman–Crippen MR) is 105 cm³/mol. The molecule has 0 aliphatic carbocycles. The maximum Gasteiger partial charge on any atom is 0.323 e. The largest absolute Gasteiger partial charge is 0.381 e. The van der Waals surface area contributed by atoms with Crippen LogP contribution in [0.1, 0.15) is 43.5 Å². The molecule has 3 heterocycles. The van der Waals surface area contributed by atoms with Crippen molar-refractivity contribution in [2.45, 2.75) is 45.2 Å². The highest BCUT2D eigenvalue weighted by atomic mass is 16.5. The number of benzene rings is 1. The van der Waals surface area contributed by atoms with E-state index in [2.05, 4.69) is 48.5 Å². The third-order valence-corrected chi connectivity index (χ3v) is 5.81. The summed E-state index contributed by atoms with van der Waals surface area (Å²) >= 11 is 0. The van der Waals surface area contributed by atoms with Gasteiger partial charge in [0.2, 0.25) is 0 Å². The zero-order chi connectivity index (χ0) is 19.0. The van der Waals surface area contributed by atoms with Crippen LogP contribution in [0, 0.1) is 12.8 Å². The van der Waals surface area contributed by atoms with Gasteiger partial charge in [0.1, 0.15) is 0 Å². The molecule has 2 aromatic rings. The van der Waals surface area contributed by atoms with Crippen LogP contribution in [0.25, 0.3) is 0 Å². The van der Waals surface area contributed by atoms with Gasteiger partial charge in [-0.05, 0) is 32.8 Å². The van der Waals surface area contributed by atoms with Crippen LogP contribution in [-0.4, -0.2) is 46.5 Å². The average molecular weight is 368 g/mol. The lowest BCUT2D eigenvalue weighted by Crippen LogP contribution is -2.44. The van der Waals surface area contributed by atoms with Crippen LogP contribution in [-0.2, 0) is 4.74 Å². The second-order valence-electron chi connectivity index (χ2n) is 7.90. The quantitative estimate of drug-likeness (QED) is 0.896. The Labute approximate surface area is 160 Å². The van der Waals surface area contributed by atoms with Gasteiger partial charge in [-0.15, -0.1) is 0 Å². The van der Waals surface area contributed by atoms with E-state index in [4.69, 9.17) is 4.74 Å². The first-order valence-electron chi connectivity index (χ1n) is 9.81. The second-order valence-corrected chi connectivity index (χ2v) is 7.90. The van der Waals surface area contributed by atoms with Gasteiger partial charge in [0.05, 0.1) is 6.61 Å². The molecule has 144 valence electrons. The molecule has 0 radical (unpaired) electrons. The number of rotatable bonds is 3. The first-order valence-corrected chi connectivity index (χ1v) is 9.81. The molecule has 2 saturated heterocycles. The summed E-state index contributed by atoms with van der Waals surface area (Å²) in [4.78, 5) is 15.1. The van der Waals surface area contributed by atoms with Gasteiger partial charge in [0.15, 0.2) is 5.82 Å². The van der Waals surface area contributed by atoms with Crippen LogP contribution < -0.4 is 5.32 Å². The van der Waals surface area contributed by atoms with Crippen LogP contribution in [0.15, 0.2) is 36.4 Å². The van der Waals surface area contributed by atoms with E-state index in [1.807, 2.05) is 28.6 Å². The summed E-state index contributed by atoms with van der Waals surface area (Å²) in [6.07, 6.45) is 0.890. The number of anilines is 1. The smallest absolute Gasteiger partial charge is 0.323 e. The molecule has 1 N–H and O–H groups in total. The highest BCUT2D eigenvalue weighted by molar-refractivity contribution is 5.89. The first-order chi connectivity index (χ1) is 13.0. The number of carbonyl (C=O) groups is 1. The van der Waals surface area contributed by atoms with Crippen molar-refractivity contribution in [1.82, 2.24) is 14.7 Å². The number of urea groups is 1. The highest BCUT2D eigenvalue weighted by Crippen LogP contribution is 2.41. The molecule has 4 rings (SSSR count). The van der Waals surface area contributed by atoms with E-state index in [0.717, 1.165) is 25.3 Å². The number of hydrogen-bond acceptors (Lipinski definition) is 3. The standard InChI is InChI=1S/C21H28N4O2/c1-14(2)25-15(3)11-20(23-25)22-21(26)24-12-17(16-7-5-4-6-8-16)18-13-27-10-9-19(18)24/h4-8,11,14,17-19H,9-10,12-13H2,1-3H3,(H,22,23,26)/t17-,18+,19-/m1/s1. The number of fused-ring (bicyclic) bond motifs is 1. The Kier molecular flexibility index (Phi) is 4.91. The molecule has 1 aromatic carbocycles. The molecule has 0 bridgehead atoms. The van der Waals surface area contributed by atoms with E-state index < -0.39 is 0 Å². The average Bonchev–Trinajstić information content (AvgIpc) is 3.23. The Morgan fingerprint density at radius 1 is 1.30 bits per heavy atom. The lowest BCUT2D eigenvalue weighted by Gasteiger charge is -2.32. The van der Waals surface area contributed by atoms with E-state index in [0.29, 0.717) is 24.3 Å². The van der Waals surface area contributed by atoms with E-state index in [1.54, 1.807) is 0 Å². The van der Waals surface area contributed by atoms with Crippen molar-refractivity contribution in [1.29, 1.82) is 0 Å². The highest BCUT2D eigenvalue weighted by Gasteiger charge is 2.46. The Hall–Kier alpha value is -2.34. The monoisotopic (exact) mass is 368 g/mol. The zero-order valence-electron chi connectivity index (χ0n) is 16.3. The van der Waals surface area contributed by atoms with Gasteiger partial charge in [-0.3, -0.25) is 10.00 Å². The molecule has 2 aliphatic heterocycles. The van der Waals surface area contributed by atoms with Crippen molar-refractivity contribution in [3.63, 3.8) is 0 Å². The maximum atomic E-state index is 13.1. The van der Waals surface area contributed by atoms with Gasteiger partial charge in [0.25, 0.3) is 0 Å². The lowest BCUT2D eigenvalue weighted by molar-refractivity contribution is 0.0272. The number of carbonyl (C=O) groups excluding carboxylic acids is 1. The summed E-state index contributed by atoms with van der Waals surface area (Å²) in [6.45, 7) is 8.34. The van der Waals surface area contributed by atoms with E-state index in [9.17, 15) is 4.79 Å². The zero-order valence-corrected chi connectivity index (χ0v) is 16.3. The molecular weight excluding hydrogens is 340 g/mol. The Bertz CT molecular complexity index is 802. The third kappa shape index (κ3) is 3.46. The topological polar surface area (TPSA) is 59.4 Å². The SMILES string of the molecule is Cc1cc(NC(=O)N2C[C@H](c3ccccc3)[C@@H]3COCC[C@H]32)nn1C(C)C. The van der Waals surface area contributed by atoms with Crippen LogP contribution in [0.2, 0.25) is 0 Å². The number of aryl methyl sites for hydroxylation is 1. The normalized spacial score (nSPS) is 24.9. The van der Waals surface area contributed by atoms with Crippen molar-refractivity contribution in [2.75, 3.05) is 25.1 Å². The van der Waals surface area contributed by atoms with Crippen molar-refractivity contribution in [3.05, 3.63) is 47.7 Å². The van der Waals surface area contributed by atoms with Crippen LogP contribution >= 0.6 is 0 Å². The van der Waals surface area contributed by atoms with Crippen LogP contribution in [0.4, 0.5) is 10.6 Å². The molecule has 2 aliphatic rings.